The van der Waals surface area contributed by atoms with Gasteiger partial charge in [0, 0.05) is 11.3 Å². The molecule has 2 aromatic rings. The number of carbonyl (C=O) groups excluding carboxylic acids is 1. The van der Waals surface area contributed by atoms with Crippen LogP contribution in [0.3, 0.4) is 0 Å². The van der Waals surface area contributed by atoms with Gasteiger partial charge in [-0.25, -0.2) is 0 Å². The van der Waals surface area contributed by atoms with Gasteiger partial charge in [-0.2, -0.15) is 0 Å². The van der Waals surface area contributed by atoms with Gasteiger partial charge in [0.1, 0.15) is 6.04 Å². The number of anilines is 1. The van der Waals surface area contributed by atoms with Crippen LogP contribution in [0.2, 0.25) is 0 Å². The van der Waals surface area contributed by atoms with Crippen molar-refractivity contribution in [2.45, 2.75) is 26.8 Å². The Hall–Kier alpha value is -2.13. The van der Waals surface area contributed by atoms with Crippen LogP contribution in [0.1, 0.15) is 29.7 Å². The van der Waals surface area contributed by atoms with Crippen molar-refractivity contribution in [3.05, 3.63) is 65.2 Å². The van der Waals surface area contributed by atoms with Crippen molar-refractivity contribution in [1.82, 2.24) is 0 Å². The molecule has 3 nitrogen and oxygen atoms in total. The van der Waals surface area contributed by atoms with Crippen molar-refractivity contribution in [1.29, 1.82) is 0 Å². The summed E-state index contributed by atoms with van der Waals surface area (Å²) in [6, 6.07) is 16.6. The van der Waals surface area contributed by atoms with Gasteiger partial charge in [0.15, 0.2) is 6.54 Å². The number of amides is 1. The van der Waals surface area contributed by atoms with Crippen LogP contribution < -0.4 is 10.6 Å². The highest BCUT2D eigenvalue weighted by Gasteiger charge is 2.11. The number of rotatable bonds is 5. The lowest BCUT2D eigenvalue weighted by Crippen LogP contribution is -2.86. The van der Waals surface area contributed by atoms with Gasteiger partial charge in [0.2, 0.25) is 0 Å². The van der Waals surface area contributed by atoms with E-state index in [0.717, 1.165) is 16.8 Å². The first kappa shape index (κ1) is 15.3. The fraction of sp³-hybridized carbons (Fsp3) is 0.278. The maximum absolute atomic E-state index is 12.0. The van der Waals surface area contributed by atoms with E-state index in [-0.39, 0.29) is 11.9 Å². The Kier molecular flexibility index (Phi) is 5.12. The normalized spacial score (nSPS) is 12.0. The van der Waals surface area contributed by atoms with Crippen molar-refractivity contribution < 1.29 is 10.1 Å². The molecule has 0 fully saturated rings. The molecule has 2 aromatic carbocycles. The van der Waals surface area contributed by atoms with E-state index in [1.807, 2.05) is 49.5 Å². The number of nitrogens with two attached hydrogens (primary N) is 1. The molecule has 2 rings (SSSR count). The van der Waals surface area contributed by atoms with Gasteiger partial charge in [0.25, 0.3) is 5.91 Å². The number of hydrogen-bond donors (Lipinski definition) is 2. The van der Waals surface area contributed by atoms with Gasteiger partial charge in [-0.3, -0.25) is 4.79 Å². The van der Waals surface area contributed by atoms with E-state index in [2.05, 4.69) is 30.4 Å². The summed E-state index contributed by atoms with van der Waals surface area (Å²) in [6.45, 7) is 6.60. The molecule has 0 heterocycles. The lowest BCUT2D eigenvalue weighted by molar-refractivity contribution is -0.682. The summed E-state index contributed by atoms with van der Waals surface area (Å²) in [5.41, 5.74) is 4.42. The zero-order chi connectivity index (χ0) is 15.2. The fourth-order valence-electron chi connectivity index (χ4n) is 2.44. The van der Waals surface area contributed by atoms with Gasteiger partial charge in [-0.05, 0) is 44.0 Å². The van der Waals surface area contributed by atoms with Crippen molar-refractivity contribution in [3.63, 3.8) is 0 Å². The molecule has 0 aliphatic heterocycles. The molecule has 0 bridgehead atoms. The molecule has 0 aliphatic carbocycles. The lowest BCUT2D eigenvalue weighted by Gasteiger charge is -2.11. The summed E-state index contributed by atoms with van der Waals surface area (Å²) >= 11 is 0. The molecule has 110 valence electrons. The zero-order valence-corrected chi connectivity index (χ0v) is 12.9. The topological polar surface area (TPSA) is 45.7 Å². The minimum Gasteiger partial charge on any atom is -0.333 e. The molecule has 0 aliphatic rings. The summed E-state index contributed by atoms with van der Waals surface area (Å²) in [4.78, 5) is 12.0. The monoisotopic (exact) mass is 283 g/mol. The zero-order valence-electron chi connectivity index (χ0n) is 12.9. The van der Waals surface area contributed by atoms with Crippen molar-refractivity contribution in [2.24, 2.45) is 0 Å². The maximum Gasteiger partial charge on any atom is 0.279 e. The standard InChI is InChI=1S/C18H22N2O/c1-13-9-14(2)11-17(10-13)20-18(21)12-19-15(3)16-7-5-4-6-8-16/h4-11,15,19H,12H2,1-3H3,(H,20,21)/p+1/t15-/m0/s1. The minimum absolute atomic E-state index is 0.0304. The van der Waals surface area contributed by atoms with Crippen LogP contribution >= 0.6 is 0 Å². The minimum atomic E-state index is 0.0304. The van der Waals surface area contributed by atoms with E-state index >= 15 is 0 Å². The first-order chi connectivity index (χ1) is 10.0. The fourth-order valence-corrected chi connectivity index (χ4v) is 2.44. The Morgan fingerprint density at radius 2 is 1.71 bits per heavy atom. The molecule has 0 unspecified atom stereocenters. The second-order valence-corrected chi connectivity index (χ2v) is 5.56. The van der Waals surface area contributed by atoms with E-state index in [9.17, 15) is 4.79 Å². The SMILES string of the molecule is Cc1cc(C)cc(NC(=O)C[NH2+][C@@H](C)c2ccccc2)c1. The highest BCUT2D eigenvalue weighted by Crippen LogP contribution is 2.13. The Morgan fingerprint density at radius 1 is 1.10 bits per heavy atom. The second-order valence-electron chi connectivity index (χ2n) is 5.56. The highest BCUT2D eigenvalue weighted by molar-refractivity contribution is 5.91. The first-order valence-corrected chi connectivity index (χ1v) is 7.31. The predicted molar refractivity (Wildman–Crippen MR) is 86.2 cm³/mol. The summed E-state index contributed by atoms with van der Waals surface area (Å²) in [5.74, 6) is 0.0304. The van der Waals surface area contributed by atoms with Crippen molar-refractivity contribution in [3.8, 4) is 0 Å². The largest absolute Gasteiger partial charge is 0.333 e. The van der Waals surface area contributed by atoms with Gasteiger partial charge >= 0.3 is 0 Å². The second kappa shape index (κ2) is 7.04. The van der Waals surface area contributed by atoms with E-state index in [1.54, 1.807) is 0 Å². The third-order valence-corrected chi connectivity index (χ3v) is 3.49. The quantitative estimate of drug-likeness (QED) is 0.870. The number of hydrogen-bond acceptors (Lipinski definition) is 1. The van der Waals surface area contributed by atoms with Gasteiger partial charge in [-0.15, -0.1) is 0 Å². The number of nitrogens with one attached hydrogen (secondary N) is 1. The average Bonchev–Trinajstić information content (AvgIpc) is 2.44. The summed E-state index contributed by atoms with van der Waals surface area (Å²) in [5, 5.41) is 5.01. The third-order valence-electron chi connectivity index (χ3n) is 3.49. The van der Waals surface area contributed by atoms with E-state index in [1.165, 1.54) is 5.56 Å². The highest BCUT2D eigenvalue weighted by atomic mass is 16.1. The van der Waals surface area contributed by atoms with E-state index in [0.29, 0.717) is 6.54 Å². The number of quaternary nitrogens is 1. The van der Waals surface area contributed by atoms with Crippen molar-refractivity contribution >= 4 is 11.6 Å². The number of carbonyl (C=O) groups is 1. The lowest BCUT2D eigenvalue weighted by atomic mass is 10.1. The van der Waals surface area contributed by atoms with Crippen LogP contribution in [-0.4, -0.2) is 12.5 Å². The van der Waals surface area contributed by atoms with Gasteiger partial charge < -0.3 is 10.6 Å². The molecule has 1 atom stereocenters. The van der Waals surface area contributed by atoms with Crippen LogP contribution in [0.5, 0.6) is 0 Å². The maximum atomic E-state index is 12.0. The van der Waals surface area contributed by atoms with Crippen molar-refractivity contribution in [2.75, 3.05) is 11.9 Å². The smallest absolute Gasteiger partial charge is 0.279 e. The van der Waals surface area contributed by atoms with Crippen LogP contribution in [0.4, 0.5) is 5.69 Å². The molecule has 1 amide bonds. The Morgan fingerprint density at radius 3 is 2.33 bits per heavy atom. The van der Waals surface area contributed by atoms with E-state index < -0.39 is 0 Å². The molecule has 21 heavy (non-hydrogen) atoms. The third kappa shape index (κ3) is 4.72. The average molecular weight is 283 g/mol. The van der Waals surface area contributed by atoms with Gasteiger partial charge in [0.05, 0.1) is 0 Å². The molecule has 0 radical (unpaired) electrons. The van der Waals surface area contributed by atoms with Gasteiger partial charge in [-0.1, -0.05) is 36.4 Å². The molecule has 0 aromatic heterocycles. The first-order valence-electron chi connectivity index (χ1n) is 7.31. The molecule has 3 N–H and O–H groups in total. The number of aryl methyl sites for hydroxylation is 2. The molecular formula is C18H23N2O+. The van der Waals surface area contributed by atoms with Crippen LogP contribution in [-0.2, 0) is 4.79 Å². The Labute approximate surface area is 126 Å². The van der Waals surface area contributed by atoms with Crippen LogP contribution in [0, 0.1) is 13.8 Å². The molecule has 0 saturated carbocycles. The van der Waals surface area contributed by atoms with Crippen LogP contribution in [0.25, 0.3) is 0 Å². The summed E-state index contributed by atoms with van der Waals surface area (Å²) in [7, 11) is 0. The Balaban J connectivity index is 1.87. The van der Waals surface area contributed by atoms with Crippen LogP contribution in [0.15, 0.2) is 48.5 Å². The summed E-state index contributed by atoms with van der Waals surface area (Å²) in [6.07, 6.45) is 0. The van der Waals surface area contributed by atoms with E-state index in [4.69, 9.17) is 0 Å². The summed E-state index contributed by atoms with van der Waals surface area (Å²) < 4.78 is 0. The molecular weight excluding hydrogens is 260 g/mol. The molecule has 3 heteroatoms. The Bertz CT molecular complexity index is 588. The molecule has 0 saturated heterocycles. The molecule has 0 spiro atoms. The number of benzene rings is 2. The predicted octanol–water partition coefficient (Wildman–Crippen LogP) is 2.57.